The van der Waals surface area contributed by atoms with Gasteiger partial charge in [-0.2, -0.15) is 0 Å². The maximum absolute atomic E-state index is 13.2. The molecule has 3 aromatic carbocycles. The van der Waals surface area contributed by atoms with Crippen LogP contribution in [0.3, 0.4) is 0 Å². The molecule has 1 heterocycles. The third-order valence-electron chi connectivity index (χ3n) is 4.81. The number of anilines is 1. The van der Waals surface area contributed by atoms with Crippen LogP contribution < -0.4 is 15.0 Å². The summed E-state index contributed by atoms with van der Waals surface area (Å²) in [5.41, 5.74) is 1.03. The second-order valence-electron chi connectivity index (χ2n) is 7.16. The lowest BCUT2D eigenvalue weighted by molar-refractivity contribution is -0.122. The molecule has 0 saturated carbocycles. The molecule has 4 amide bonds. The quantitative estimate of drug-likeness (QED) is 0.299. The Morgan fingerprint density at radius 1 is 0.971 bits per heavy atom. The number of hydrogen-bond donors (Lipinski definition) is 1. The number of nitrogens with zero attached hydrogens (tertiary/aromatic N) is 1. The lowest BCUT2D eigenvalue weighted by Gasteiger charge is -2.26. The summed E-state index contributed by atoms with van der Waals surface area (Å²) in [5.74, 6) is -2.04. The molecule has 1 saturated heterocycles. The van der Waals surface area contributed by atoms with E-state index in [4.69, 9.17) is 27.9 Å². The van der Waals surface area contributed by atoms with E-state index in [1.54, 1.807) is 0 Å². The zero-order valence-electron chi connectivity index (χ0n) is 17.2. The number of imide groups is 2. The van der Waals surface area contributed by atoms with Crippen molar-refractivity contribution in [1.29, 1.82) is 0 Å². The number of carbonyl (C=O) groups is 3. The molecule has 0 aliphatic carbocycles. The number of nitrogens with one attached hydrogen (secondary N) is 1. The van der Waals surface area contributed by atoms with Crippen LogP contribution in [0.4, 0.5) is 14.9 Å². The van der Waals surface area contributed by atoms with Gasteiger partial charge in [0.05, 0.1) is 15.7 Å². The standard InChI is InChI=1S/C24H14BrCl2FN2O4/c25-15-3-1-13(2-4-15)12-34-21-19(26)10-14(11-20(21)27)9-18-22(31)29-24(33)30(23(18)32)17-7-5-16(28)6-8-17/h1-11H,12H2,(H,29,31,33)/b18-9+. The molecule has 0 aromatic heterocycles. The summed E-state index contributed by atoms with van der Waals surface area (Å²) in [6, 6.07) is 14.3. The monoisotopic (exact) mass is 562 g/mol. The average Bonchev–Trinajstić information content (AvgIpc) is 2.78. The van der Waals surface area contributed by atoms with Gasteiger partial charge >= 0.3 is 6.03 Å². The van der Waals surface area contributed by atoms with E-state index in [0.717, 1.165) is 27.1 Å². The number of hydrogen-bond acceptors (Lipinski definition) is 4. The smallest absolute Gasteiger partial charge is 0.335 e. The van der Waals surface area contributed by atoms with Gasteiger partial charge in [-0.25, -0.2) is 14.1 Å². The van der Waals surface area contributed by atoms with Gasteiger partial charge in [0.1, 0.15) is 18.0 Å². The van der Waals surface area contributed by atoms with Crippen LogP contribution in [-0.4, -0.2) is 17.8 Å². The molecule has 4 rings (SSSR count). The van der Waals surface area contributed by atoms with Crippen LogP contribution in [0.25, 0.3) is 6.08 Å². The van der Waals surface area contributed by atoms with E-state index in [0.29, 0.717) is 5.56 Å². The Kier molecular flexibility index (Phi) is 7.02. The highest BCUT2D eigenvalue weighted by molar-refractivity contribution is 9.10. The number of carbonyl (C=O) groups excluding carboxylic acids is 3. The van der Waals surface area contributed by atoms with Crippen LogP contribution in [0, 0.1) is 5.82 Å². The summed E-state index contributed by atoms with van der Waals surface area (Å²) in [4.78, 5) is 38.3. The fourth-order valence-electron chi connectivity index (χ4n) is 3.19. The van der Waals surface area contributed by atoms with Crippen molar-refractivity contribution in [2.45, 2.75) is 6.61 Å². The Morgan fingerprint density at radius 2 is 1.59 bits per heavy atom. The van der Waals surface area contributed by atoms with Crippen LogP contribution in [0.15, 0.2) is 70.7 Å². The third kappa shape index (κ3) is 5.14. The first-order chi connectivity index (χ1) is 16.2. The van der Waals surface area contributed by atoms with Crippen molar-refractivity contribution in [3.63, 3.8) is 0 Å². The normalized spacial score (nSPS) is 15.0. The van der Waals surface area contributed by atoms with E-state index >= 15 is 0 Å². The van der Waals surface area contributed by atoms with Gasteiger partial charge in [0.2, 0.25) is 0 Å². The molecule has 1 fully saturated rings. The molecule has 0 unspecified atom stereocenters. The lowest BCUT2D eigenvalue weighted by atomic mass is 10.1. The Hall–Kier alpha value is -3.20. The zero-order chi connectivity index (χ0) is 24.4. The Bertz CT molecular complexity index is 1300. The maximum atomic E-state index is 13.2. The first kappa shape index (κ1) is 23.9. The topological polar surface area (TPSA) is 75.7 Å². The minimum atomic E-state index is -0.938. The summed E-state index contributed by atoms with van der Waals surface area (Å²) in [5, 5.41) is 2.44. The second-order valence-corrected chi connectivity index (χ2v) is 8.89. The SMILES string of the molecule is O=C1NC(=O)N(c2ccc(F)cc2)C(=O)/C1=C/c1cc(Cl)c(OCc2ccc(Br)cc2)c(Cl)c1. The van der Waals surface area contributed by atoms with Gasteiger partial charge in [-0.3, -0.25) is 14.9 Å². The van der Waals surface area contributed by atoms with Crippen molar-refractivity contribution in [3.05, 3.63) is 97.7 Å². The highest BCUT2D eigenvalue weighted by Crippen LogP contribution is 2.36. The predicted octanol–water partition coefficient (Wildman–Crippen LogP) is 6.14. The zero-order valence-corrected chi connectivity index (χ0v) is 20.2. The highest BCUT2D eigenvalue weighted by Gasteiger charge is 2.36. The molecule has 1 N–H and O–H groups in total. The molecule has 1 aliphatic rings. The molecule has 0 spiro atoms. The molecule has 172 valence electrons. The number of rotatable bonds is 5. The van der Waals surface area contributed by atoms with Crippen LogP contribution in [0.1, 0.15) is 11.1 Å². The number of benzene rings is 3. The van der Waals surface area contributed by atoms with Crippen LogP contribution in [-0.2, 0) is 16.2 Å². The van der Waals surface area contributed by atoms with Gasteiger partial charge in [0.15, 0.2) is 5.75 Å². The van der Waals surface area contributed by atoms with Crippen LogP contribution >= 0.6 is 39.1 Å². The molecular weight excluding hydrogens is 550 g/mol. The van der Waals surface area contributed by atoms with Gasteiger partial charge < -0.3 is 4.74 Å². The molecule has 34 heavy (non-hydrogen) atoms. The maximum Gasteiger partial charge on any atom is 0.335 e. The predicted molar refractivity (Wildman–Crippen MR) is 130 cm³/mol. The van der Waals surface area contributed by atoms with E-state index in [9.17, 15) is 18.8 Å². The van der Waals surface area contributed by atoms with Crippen molar-refractivity contribution in [1.82, 2.24) is 5.32 Å². The molecule has 3 aromatic rings. The molecule has 0 atom stereocenters. The first-order valence-corrected chi connectivity index (χ1v) is 11.3. The summed E-state index contributed by atoms with van der Waals surface area (Å²) in [6.07, 6.45) is 1.26. The van der Waals surface area contributed by atoms with E-state index in [2.05, 4.69) is 21.2 Å². The molecular formula is C24H14BrCl2FN2O4. The molecule has 0 radical (unpaired) electrons. The third-order valence-corrected chi connectivity index (χ3v) is 5.90. The average molecular weight is 564 g/mol. The summed E-state index contributed by atoms with van der Waals surface area (Å²) < 4.78 is 19.9. The van der Waals surface area contributed by atoms with Gasteiger partial charge in [0, 0.05) is 4.47 Å². The van der Waals surface area contributed by atoms with Gasteiger partial charge in [-0.15, -0.1) is 0 Å². The van der Waals surface area contributed by atoms with E-state index in [-0.39, 0.29) is 33.7 Å². The second kappa shape index (κ2) is 9.97. The minimum Gasteiger partial charge on any atom is -0.486 e. The number of barbiturate groups is 1. The van der Waals surface area contributed by atoms with E-state index < -0.39 is 23.7 Å². The fraction of sp³-hybridized carbons (Fsp3) is 0.0417. The molecule has 1 aliphatic heterocycles. The largest absolute Gasteiger partial charge is 0.486 e. The molecule has 0 bridgehead atoms. The number of halogens is 4. The van der Waals surface area contributed by atoms with E-state index in [1.807, 2.05) is 24.3 Å². The number of urea groups is 1. The number of ether oxygens (including phenoxy) is 1. The highest BCUT2D eigenvalue weighted by atomic mass is 79.9. The Labute approximate surface area is 212 Å². The van der Waals surface area contributed by atoms with Crippen molar-refractivity contribution in [3.8, 4) is 5.75 Å². The lowest BCUT2D eigenvalue weighted by Crippen LogP contribution is -2.54. The van der Waals surface area contributed by atoms with E-state index in [1.165, 1.54) is 30.3 Å². The van der Waals surface area contributed by atoms with Gasteiger partial charge in [0.25, 0.3) is 11.8 Å². The fourth-order valence-corrected chi connectivity index (χ4v) is 4.06. The number of amides is 4. The van der Waals surface area contributed by atoms with Crippen LogP contribution in [0.2, 0.25) is 10.0 Å². The van der Waals surface area contributed by atoms with Gasteiger partial charge in [-0.05, 0) is 65.7 Å². The molecule has 10 heteroatoms. The van der Waals surface area contributed by atoms with Crippen molar-refractivity contribution < 1.29 is 23.5 Å². The van der Waals surface area contributed by atoms with Crippen LogP contribution in [0.5, 0.6) is 5.75 Å². The minimum absolute atomic E-state index is 0.107. The first-order valence-electron chi connectivity index (χ1n) is 9.76. The Balaban J connectivity index is 1.60. The Morgan fingerprint density at radius 3 is 2.21 bits per heavy atom. The summed E-state index contributed by atoms with van der Waals surface area (Å²) >= 11 is 16.1. The summed E-state index contributed by atoms with van der Waals surface area (Å²) in [6.45, 7) is 0.225. The van der Waals surface area contributed by atoms with Crippen molar-refractivity contribution in [2.24, 2.45) is 0 Å². The molecule has 6 nitrogen and oxygen atoms in total. The van der Waals surface area contributed by atoms with Crippen molar-refractivity contribution in [2.75, 3.05) is 4.90 Å². The van der Waals surface area contributed by atoms with Gasteiger partial charge in [-0.1, -0.05) is 51.3 Å². The summed E-state index contributed by atoms with van der Waals surface area (Å²) in [7, 11) is 0. The van der Waals surface area contributed by atoms with Crippen molar-refractivity contribution >= 4 is 68.7 Å².